The van der Waals surface area contributed by atoms with Crippen LogP contribution in [0.3, 0.4) is 0 Å². The number of hydrogen-bond acceptors (Lipinski definition) is 6. The van der Waals surface area contributed by atoms with Gasteiger partial charge in [-0.15, -0.1) is 11.3 Å². The number of hydrogen-bond donors (Lipinski definition) is 1. The number of piperidine rings is 1. The van der Waals surface area contributed by atoms with Crippen molar-refractivity contribution in [3.63, 3.8) is 0 Å². The number of aryl methyl sites for hydroxylation is 2. The van der Waals surface area contributed by atoms with Gasteiger partial charge in [0.25, 0.3) is 5.56 Å². The molecule has 1 aromatic carbocycles. The molecule has 0 unspecified atom stereocenters. The van der Waals surface area contributed by atoms with Crippen LogP contribution < -0.4 is 10.9 Å². The van der Waals surface area contributed by atoms with Gasteiger partial charge in [0.05, 0.1) is 17.7 Å². The van der Waals surface area contributed by atoms with E-state index in [9.17, 15) is 14.0 Å². The highest BCUT2D eigenvalue weighted by molar-refractivity contribution is 7.15. The summed E-state index contributed by atoms with van der Waals surface area (Å²) < 4.78 is 17.4. The van der Waals surface area contributed by atoms with E-state index in [1.165, 1.54) is 45.7 Å². The van der Waals surface area contributed by atoms with E-state index in [0.717, 1.165) is 19.6 Å². The van der Waals surface area contributed by atoms with Crippen LogP contribution in [-0.2, 0) is 11.2 Å². The van der Waals surface area contributed by atoms with Gasteiger partial charge in [-0.3, -0.25) is 14.0 Å². The summed E-state index contributed by atoms with van der Waals surface area (Å²) in [6.07, 6.45) is 3.79. The number of benzene rings is 1. The zero-order valence-electron chi connectivity index (χ0n) is 20.5. The van der Waals surface area contributed by atoms with Crippen LogP contribution in [0.15, 0.2) is 40.5 Å². The van der Waals surface area contributed by atoms with E-state index in [-0.39, 0.29) is 17.9 Å². The minimum atomic E-state index is -0.399. The maximum atomic E-state index is 14.4. The molecule has 0 bridgehead atoms. The number of halogens is 1. The van der Waals surface area contributed by atoms with Crippen LogP contribution in [0.25, 0.3) is 21.9 Å². The topological polar surface area (TPSA) is 84.5 Å². The highest BCUT2D eigenvalue weighted by Crippen LogP contribution is 2.24. The molecule has 1 aliphatic heterocycles. The fourth-order valence-corrected chi connectivity index (χ4v) is 5.68. The number of nitrogens with zero attached hydrogens (tertiary/aromatic N) is 5. The van der Waals surface area contributed by atoms with E-state index in [1.807, 2.05) is 6.92 Å². The molecule has 8 nitrogen and oxygen atoms in total. The molecule has 36 heavy (non-hydrogen) atoms. The number of aromatic nitrogens is 4. The van der Waals surface area contributed by atoms with Gasteiger partial charge in [-0.2, -0.15) is 5.10 Å². The van der Waals surface area contributed by atoms with Gasteiger partial charge in [-0.05, 0) is 58.0 Å². The summed E-state index contributed by atoms with van der Waals surface area (Å²) in [5.74, 6) is -0.524. The van der Waals surface area contributed by atoms with Gasteiger partial charge >= 0.3 is 0 Å². The average Bonchev–Trinajstić information content (AvgIpc) is 3.43. The van der Waals surface area contributed by atoms with E-state index in [0.29, 0.717) is 45.5 Å². The Hall–Kier alpha value is -3.37. The van der Waals surface area contributed by atoms with E-state index >= 15 is 0 Å². The summed E-state index contributed by atoms with van der Waals surface area (Å²) in [6.45, 7) is 7.17. The standard InChI is InChI=1S/C26H29FN6O2S/c1-17-14-21(30-33(17)22-9-5-4-8-20(22)27)24-18(2)29-26-32(25(24)35)19(16-36-26)15-23(34)28-10-13-31-11-6-3-7-12-31/h4-5,8-9,14,16H,3,6-7,10-13,15H2,1-2H3,(H,28,34). The SMILES string of the molecule is Cc1nc2scc(CC(=O)NCCN3CCCCC3)n2c(=O)c1-c1cc(C)n(-c2ccccc2F)n1. The number of amides is 1. The predicted octanol–water partition coefficient (Wildman–Crippen LogP) is 3.51. The summed E-state index contributed by atoms with van der Waals surface area (Å²) in [5.41, 5.74) is 2.61. The molecule has 1 N–H and O–H groups in total. The molecular weight excluding hydrogens is 479 g/mol. The number of rotatable bonds is 7. The first-order valence-corrected chi connectivity index (χ1v) is 13.1. The van der Waals surface area contributed by atoms with E-state index in [4.69, 9.17) is 0 Å². The largest absolute Gasteiger partial charge is 0.354 e. The van der Waals surface area contributed by atoms with Crippen LogP contribution in [0, 0.1) is 19.7 Å². The Morgan fingerprint density at radius 2 is 1.94 bits per heavy atom. The quantitative estimate of drug-likeness (QED) is 0.413. The van der Waals surface area contributed by atoms with E-state index in [2.05, 4.69) is 20.3 Å². The Bertz CT molecular complexity index is 1470. The van der Waals surface area contributed by atoms with Crippen LogP contribution in [-0.4, -0.2) is 56.2 Å². The molecule has 10 heteroatoms. The second-order valence-electron chi connectivity index (χ2n) is 9.19. The minimum Gasteiger partial charge on any atom is -0.354 e. The maximum absolute atomic E-state index is 14.4. The Morgan fingerprint density at radius 3 is 2.72 bits per heavy atom. The first kappa shape index (κ1) is 24.3. The molecule has 1 fully saturated rings. The summed E-state index contributed by atoms with van der Waals surface area (Å²) in [4.78, 5) is 33.8. The molecule has 1 saturated heterocycles. The van der Waals surface area contributed by atoms with Crippen molar-refractivity contribution in [3.8, 4) is 16.9 Å². The van der Waals surface area contributed by atoms with Crippen LogP contribution in [0.4, 0.5) is 4.39 Å². The minimum absolute atomic E-state index is 0.0901. The Labute approximate surface area is 212 Å². The number of fused-ring (bicyclic) bond motifs is 1. The zero-order valence-corrected chi connectivity index (χ0v) is 21.3. The lowest BCUT2D eigenvalue weighted by molar-refractivity contribution is -0.120. The number of likely N-dealkylation sites (tertiary alicyclic amines) is 1. The molecule has 0 spiro atoms. The van der Waals surface area contributed by atoms with Gasteiger partial charge in [0.2, 0.25) is 5.91 Å². The predicted molar refractivity (Wildman–Crippen MR) is 138 cm³/mol. The zero-order chi connectivity index (χ0) is 25.2. The lowest BCUT2D eigenvalue weighted by atomic mass is 10.1. The highest BCUT2D eigenvalue weighted by atomic mass is 32.1. The molecule has 4 aromatic rings. The maximum Gasteiger partial charge on any atom is 0.268 e. The molecule has 4 heterocycles. The fourth-order valence-electron chi connectivity index (χ4n) is 4.75. The second-order valence-corrected chi connectivity index (χ2v) is 10.0. The molecular formula is C26H29FN6O2S. The summed E-state index contributed by atoms with van der Waals surface area (Å²) in [5, 5.41) is 9.33. The van der Waals surface area contributed by atoms with E-state index < -0.39 is 5.82 Å². The van der Waals surface area contributed by atoms with Crippen molar-refractivity contribution in [2.75, 3.05) is 26.2 Å². The van der Waals surface area contributed by atoms with Gasteiger partial charge in [0.15, 0.2) is 4.96 Å². The molecule has 0 radical (unpaired) electrons. The smallest absolute Gasteiger partial charge is 0.268 e. The molecule has 1 amide bonds. The van der Waals surface area contributed by atoms with Crippen LogP contribution in [0.5, 0.6) is 0 Å². The Morgan fingerprint density at radius 1 is 1.17 bits per heavy atom. The van der Waals surface area contributed by atoms with Crippen molar-refractivity contribution in [2.24, 2.45) is 0 Å². The summed E-state index contributed by atoms with van der Waals surface area (Å²) >= 11 is 1.33. The van der Waals surface area contributed by atoms with E-state index in [1.54, 1.807) is 36.6 Å². The first-order valence-electron chi connectivity index (χ1n) is 12.2. The monoisotopic (exact) mass is 508 g/mol. The van der Waals surface area contributed by atoms with Crippen LogP contribution in [0.2, 0.25) is 0 Å². The van der Waals surface area contributed by atoms with Gasteiger partial charge < -0.3 is 10.2 Å². The molecule has 188 valence electrons. The number of carbonyl (C=O) groups excluding carboxylic acids is 1. The van der Waals surface area contributed by atoms with Crippen LogP contribution in [0.1, 0.15) is 36.3 Å². The van der Waals surface area contributed by atoms with Crippen molar-refractivity contribution >= 4 is 22.2 Å². The fraction of sp³-hybridized carbons (Fsp3) is 0.385. The van der Waals surface area contributed by atoms with Crippen molar-refractivity contribution in [3.05, 3.63) is 69.0 Å². The molecule has 1 aliphatic rings. The lowest BCUT2D eigenvalue weighted by Gasteiger charge is -2.26. The number of para-hydroxylation sites is 1. The molecule has 5 rings (SSSR count). The van der Waals surface area contributed by atoms with Gasteiger partial charge in [-0.1, -0.05) is 18.6 Å². The summed E-state index contributed by atoms with van der Waals surface area (Å²) in [6, 6.07) is 8.13. The molecule has 0 saturated carbocycles. The number of carbonyl (C=O) groups is 1. The van der Waals surface area contributed by atoms with Crippen molar-refractivity contribution in [2.45, 2.75) is 39.5 Å². The molecule has 0 aliphatic carbocycles. The Balaban J connectivity index is 1.40. The third-order valence-corrected chi connectivity index (χ3v) is 7.46. The summed E-state index contributed by atoms with van der Waals surface area (Å²) in [7, 11) is 0. The van der Waals surface area contributed by atoms with Crippen molar-refractivity contribution in [1.29, 1.82) is 0 Å². The highest BCUT2D eigenvalue weighted by Gasteiger charge is 2.21. The third kappa shape index (κ3) is 4.83. The number of nitrogens with one attached hydrogen (secondary N) is 1. The third-order valence-electron chi connectivity index (χ3n) is 6.59. The first-order chi connectivity index (χ1) is 17.4. The second kappa shape index (κ2) is 10.3. The van der Waals surface area contributed by atoms with Gasteiger partial charge in [0, 0.05) is 29.9 Å². The van der Waals surface area contributed by atoms with Gasteiger partial charge in [-0.25, -0.2) is 14.1 Å². The lowest BCUT2D eigenvalue weighted by Crippen LogP contribution is -2.38. The van der Waals surface area contributed by atoms with Crippen molar-refractivity contribution in [1.82, 2.24) is 29.4 Å². The average molecular weight is 509 g/mol. The van der Waals surface area contributed by atoms with Crippen LogP contribution >= 0.6 is 11.3 Å². The molecule has 0 atom stereocenters. The van der Waals surface area contributed by atoms with Crippen molar-refractivity contribution < 1.29 is 9.18 Å². The molecule has 3 aromatic heterocycles. The number of thiazole rings is 1. The normalized spacial score (nSPS) is 14.4. The van der Waals surface area contributed by atoms with Gasteiger partial charge in [0.1, 0.15) is 17.2 Å². The Kier molecular flexibility index (Phi) is 6.97.